The van der Waals surface area contributed by atoms with Gasteiger partial charge in [0.25, 0.3) is 11.8 Å². The molecule has 2 aromatic rings. The number of thiophene rings is 2. The first-order valence-corrected chi connectivity index (χ1v) is 7.67. The average Bonchev–Trinajstić information content (AvgIpc) is 2.95. The van der Waals surface area contributed by atoms with Crippen molar-refractivity contribution < 1.29 is 9.59 Å². The zero-order valence-electron chi connectivity index (χ0n) is 9.35. The number of nitrogens with two attached hydrogens (primary N) is 1. The Hall–Kier alpha value is -1.08. The van der Waals surface area contributed by atoms with E-state index in [1.807, 2.05) is 16.8 Å². The van der Waals surface area contributed by atoms with Gasteiger partial charge < -0.3 is 11.1 Å². The Labute approximate surface area is 127 Å². The third kappa shape index (κ3) is 3.27. The largest absolute Gasteiger partial charge is 0.365 e. The molecule has 0 aliphatic rings. The van der Waals surface area contributed by atoms with Gasteiger partial charge in [-0.25, -0.2) is 0 Å². The van der Waals surface area contributed by atoms with E-state index in [1.165, 1.54) is 22.7 Å². The van der Waals surface area contributed by atoms with Gasteiger partial charge in [-0.15, -0.1) is 11.3 Å². The number of carbonyl (C=O) groups excluding carboxylic acids is 2. The number of halogens is 2. The SMILES string of the molecule is NC(=O)c1sc(-c2ccsc2)cc1NC(=O)C(Cl)Cl. The van der Waals surface area contributed by atoms with E-state index in [0.29, 0.717) is 5.69 Å². The predicted molar refractivity (Wildman–Crippen MR) is 80.3 cm³/mol. The summed E-state index contributed by atoms with van der Waals surface area (Å²) in [4.78, 5) is 22.7. The highest BCUT2D eigenvalue weighted by Crippen LogP contribution is 2.35. The second-order valence-electron chi connectivity index (χ2n) is 3.52. The fourth-order valence-electron chi connectivity index (χ4n) is 1.40. The van der Waals surface area contributed by atoms with Gasteiger partial charge in [0.2, 0.25) is 0 Å². The van der Waals surface area contributed by atoms with Crippen LogP contribution in [0.5, 0.6) is 0 Å². The summed E-state index contributed by atoms with van der Waals surface area (Å²) < 4.78 is 0. The van der Waals surface area contributed by atoms with E-state index in [1.54, 1.807) is 6.07 Å². The quantitative estimate of drug-likeness (QED) is 0.842. The van der Waals surface area contributed by atoms with Crippen LogP contribution in [0.25, 0.3) is 10.4 Å². The van der Waals surface area contributed by atoms with E-state index in [0.717, 1.165) is 10.4 Å². The molecule has 0 aliphatic carbocycles. The molecule has 3 N–H and O–H groups in total. The second-order valence-corrected chi connectivity index (χ2v) is 6.45. The van der Waals surface area contributed by atoms with Crippen LogP contribution in [0.4, 0.5) is 5.69 Å². The van der Waals surface area contributed by atoms with Crippen molar-refractivity contribution in [2.24, 2.45) is 5.73 Å². The molecule has 0 fully saturated rings. The molecule has 0 radical (unpaired) electrons. The molecule has 4 nitrogen and oxygen atoms in total. The third-order valence-electron chi connectivity index (χ3n) is 2.22. The molecule has 8 heteroatoms. The van der Waals surface area contributed by atoms with Gasteiger partial charge in [0, 0.05) is 10.4 Å². The summed E-state index contributed by atoms with van der Waals surface area (Å²) in [6, 6.07) is 3.60. The maximum Gasteiger partial charge on any atom is 0.260 e. The topological polar surface area (TPSA) is 72.2 Å². The number of nitrogens with one attached hydrogen (secondary N) is 1. The lowest BCUT2D eigenvalue weighted by Gasteiger charge is -2.04. The summed E-state index contributed by atoms with van der Waals surface area (Å²) in [6.07, 6.45) is 0. The van der Waals surface area contributed by atoms with Gasteiger partial charge in [-0.2, -0.15) is 11.3 Å². The highest BCUT2D eigenvalue weighted by Gasteiger charge is 2.19. The summed E-state index contributed by atoms with van der Waals surface area (Å²) in [5.41, 5.74) is 6.58. The molecule has 2 heterocycles. The van der Waals surface area contributed by atoms with Crippen molar-refractivity contribution >= 4 is 63.4 Å². The Bertz CT molecular complexity index is 608. The normalized spacial score (nSPS) is 10.7. The minimum absolute atomic E-state index is 0.267. The minimum atomic E-state index is -1.20. The average molecular weight is 335 g/mol. The Morgan fingerprint density at radius 1 is 1.37 bits per heavy atom. The number of amides is 2. The van der Waals surface area contributed by atoms with Crippen molar-refractivity contribution in [3.05, 3.63) is 27.8 Å². The van der Waals surface area contributed by atoms with E-state index in [4.69, 9.17) is 28.9 Å². The van der Waals surface area contributed by atoms with Crippen molar-refractivity contribution in [2.45, 2.75) is 4.84 Å². The first-order chi connectivity index (χ1) is 8.99. The highest BCUT2D eigenvalue weighted by atomic mass is 35.5. The van der Waals surface area contributed by atoms with Gasteiger partial charge in [-0.3, -0.25) is 9.59 Å². The molecule has 0 aliphatic heterocycles. The summed E-state index contributed by atoms with van der Waals surface area (Å²) in [5.74, 6) is -1.21. The first-order valence-electron chi connectivity index (χ1n) is 5.04. The van der Waals surface area contributed by atoms with Gasteiger partial charge in [-0.1, -0.05) is 23.2 Å². The summed E-state index contributed by atoms with van der Waals surface area (Å²) >= 11 is 13.7. The number of primary amides is 1. The Morgan fingerprint density at radius 2 is 2.11 bits per heavy atom. The number of alkyl halides is 2. The lowest BCUT2D eigenvalue weighted by Crippen LogP contribution is -2.20. The zero-order valence-corrected chi connectivity index (χ0v) is 12.5. The molecule has 19 heavy (non-hydrogen) atoms. The second kappa shape index (κ2) is 5.92. The lowest BCUT2D eigenvalue weighted by atomic mass is 10.2. The van der Waals surface area contributed by atoms with Gasteiger partial charge in [0.1, 0.15) is 4.88 Å². The van der Waals surface area contributed by atoms with Crippen LogP contribution in [0.1, 0.15) is 9.67 Å². The van der Waals surface area contributed by atoms with Crippen LogP contribution < -0.4 is 11.1 Å². The monoisotopic (exact) mass is 334 g/mol. The number of rotatable bonds is 4. The molecule has 0 saturated heterocycles. The number of carbonyl (C=O) groups is 2. The third-order valence-corrected chi connectivity index (χ3v) is 4.50. The molecule has 2 aromatic heterocycles. The fourth-order valence-corrected chi connectivity index (χ4v) is 3.20. The smallest absolute Gasteiger partial charge is 0.260 e. The van der Waals surface area contributed by atoms with Crippen molar-refractivity contribution in [3.8, 4) is 10.4 Å². The van der Waals surface area contributed by atoms with Gasteiger partial charge in [0.05, 0.1) is 5.69 Å². The van der Waals surface area contributed by atoms with E-state index >= 15 is 0 Å². The van der Waals surface area contributed by atoms with Gasteiger partial charge in [-0.05, 0) is 22.9 Å². The van der Waals surface area contributed by atoms with Crippen molar-refractivity contribution in [2.75, 3.05) is 5.32 Å². The molecule has 0 unspecified atom stereocenters. The molecule has 100 valence electrons. The van der Waals surface area contributed by atoms with Crippen LogP contribution in [0.3, 0.4) is 0 Å². The molecule has 0 saturated carbocycles. The molecule has 2 rings (SSSR count). The van der Waals surface area contributed by atoms with Crippen LogP contribution in [-0.2, 0) is 4.79 Å². The summed E-state index contributed by atoms with van der Waals surface area (Å²) in [7, 11) is 0. The first kappa shape index (κ1) is 14.3. The maximum atomic E-state index is 11.5. The highest BCUT2D eigenvalue weighted by molar-refractivity contribution is 7.18. The zero-order chi connectivity index (χ0) is 14.0. The molecular weight excluding hydrogens is 327 g/mol. The molecule has 0 bridgehead atoms. The molecule has 0 aromatic carbocycles. The van der Waals surface area contributed by atoms with Crippen LogP contribution in [0, 0.1) is 0 Å². The summed E-state index contributed by atoms with van der Waals surface area (Å²) in [5, 5.41) is 6.34. The van der Waals surface area contributed by atoms with Gasteiger partial charge in [0.15, 0.2) is 4.84 Å². The number of anilines is 1. The van der Waals surface area contributed by atoms with E-state index < -0.39 is 16.7 Å². The fraction of sp³-hybridized carbons (Fsp3) is 0.0909. The maximum absolute atomic E-state index is 11.5. The Morgan fingerprint density at radius 3 is 2.63 bits per heavy atom. The van der Waals surface area contributed by atoms with E-state index in [-0.39, 0.29) is 4.88 Å². The lowest BCUT2D eigenvalue weighted by molar-refractivity contribution is -0.114. The standard InChI is InChI=1S/C11H8Cl2N2O2S2/c12-9(13)11(17)15-6-3-7(5-1-2-18-4-5)19-8(6)10(14)16/h1-4,9H,(H2,14,16)(H,15,17). The Balaban J connectivity index is 2.36. The van der Waals surface area contributed by atoms with Crippen LogP contribution in [0.2, 0.25) is 0 Å². The van der Waals surface area contributed by atoms with Gasteiger partial charge >= 0.3 is 0 Å². The van der Waals surface area contributed by atoms with Crippen LogP contribution in [0.15, 0.2) is 22.9 Å². The van der Waals surface area contributed by atoms with Crippen LogP contribution >= 0.6 is 45.9 Å². The number of hydrogen-bond acceptors (Lipinski definition) is 4. The molecule has 2 amide bonds. The van der Waals surface area contributed by atoms with Crippen molar-refractivity contribution in [1.82, 2.24) is 0 Å². The summed E-state index contributed by atoms with van der Waals surface area (Å²) in [6.45, 7) is 0. The van der Waals surface area contributed by atoms with Crippen LogP contribution in [-0.4, -0.2) is 16.7 Å². The van der Waals surface area contributed by atoms with Crippen molar-refractivity contribution in [1.29, 1.82) is 0 Å². The molecule has 0 spiro atoms. The molecule has 0 atom stereocenters. The van der Waals surface area contributed by atoms with E-state index in [9.17, 15) is 9.59 Å². The predicted octanol–water partition coefficient (Wildman–Crippen LogP) is 3.32. The van der Waals surface area contributed by atoms with E-state index in [2.05, 4.69) is 5.32 Å². The molecular formula is C11H8Cl2N2O2S2. The Kier molecular flexibility index (Phi) is 4.46. The number of hydrogen-bond donors (Lipinski definition) is 2. The van der Waals surface area contributed by atoms with Crippen molar-refractivity contribution in [3.63, 3.8) is 0 Å². The minimum Gasteiger partial charge on any atom is -0.365 e.